The van der Waals surface area contributed by atoms with Crippen LogP contribution < -0.4 is 10.1 Å². The van der Waals surface area contributed by atoms with E-state index in [-0.39, 0.29) is 18.2 Å². The Hall–Kier alpha value is -1.88. The van der Waals surface area contributed by atoms with Crippen LogP contribution in [0, 0.1) is 0 Å². The highest BCUT2D eigenvalue weighted by Crippen LogP contribution is 2.14. The van der Waals surface area contributed by atoms with Crippen LogP contribution in [0.15, 0.2) is 24.3 Å². The van der Waals surface area contributed by atoms with E-state index >= 15 is 0 Å². The molecule has 0 saturated heterocycles. The second kappa shape index (κ2) is 10.8. The fourth-order valence-electron chi connectivity index (χ4n) is 2.25. The molecule has 0 radical (unpaired) electrons. The first-order chi connectivity index (χ1) is 11.1. The van der Waals surface area contributed by atoms with Gasteiger partial charge < -0.3 is 14.8 Å². The lowest BCUT2D eigenvalue weighted by atomic mass is 10.0. The molecule has 0 aliphatic heterocycles. The molecule has 0 fully saturated rings. The quantitative estimate of drug-likeness (QED) is 0.386. The zero-order chi connectivity index (χ0) is 17.1. The minimum atomic E-state index is -0.556. The summed E-state index contributed by atoms with van der Waals surface area (Å²) in [6.07, 6.45) is 3.23. The first-order valence-electron chi connectivity index (χ1n) is 8.19. The van der Waals surface area contributed by atoms with Crippen molar-refractivity contribution in [2.45, 2.75) is 45.6 Å². The van der Waals surface area contributed by atoms with Gasteiger partial charge in [0.2, 0.25) is 0 Å². The minimum absolute atomic E-state index is 0.0465. The van der Waals surface area contributed by atoms with Crippen LogP contribution in [-0.4, -0.2) is 38.1 Å². The Kier molecular flexibility index (Phi) is 8.98. The van der Waals surface area contributed by atoms with Gasteiger partial charge in [0, 0.05) is 5.56 Å². The smallest absolute Gasteiger partial charge is 0.307 e. The van der Waals surface area contributed by atoms with Crippen molar-refractivity contribution in [1.29, 1.82) is 0 Å². The van der Waals surface area contributed by atoms with E-state index in [0.717, 1.165) is 19.3 Å². The summed E-state index contributed by atoms with van der Waals surface area (Å²) in [6.45, 7) is 4.91. The number of carbonyl (C=O) groups excluding carboxylic acids is 2. The van der Waals surface area contributed by atoms with Gasteiger partial charge in [-0.05, 0) is 44.2 Å². The van der Waals surface area contributed by atoms with E-state index in [4.69, 9.17) is 9.47 Å². The molecule has 1 aromatic carbocycles. The van der Waals surface area contributed by atoms with Crippen LogP contribution in [0.4, 0.5) is 0 Å². The summed E-state index contributed by atoms with van der Waals surface area (Å²) in [6, 6.07) is 6.36. The van der Waals surface area contributed by atoms with Gasteiger partial charge in [-0.25, -0.2) is 0 Å². The van der Waals surface area contributed by atoms with Gasteiger partial charge in [0.25, 0.3) is 0 Å². The van der Waals surface area contributed by atoms with E-state index in [0.29, 0.717) is 24.5 Å². The molecule has 1 N–H and O–H groups in total. The molecule has 1 aromatic rings. The average molecular weight is 321 g/mol. The first-order valence-corrected chi connectivity index (χ1v) is 8.19. The third-order valence-electron chi connectivity index (χ3n) is 3.54. The van der Waals surface area contributed by atoms with E-state index in [1.165, 1.54) is 0 Å². The van der Waals surface area contributed by atoms with E-state index in [9.17, 15) is 9.59 Å². The van der Waals surface area contributed by atoms with Crippen molar-refractivity contribution >= 4 is 11.8 Å². The summed E-state index contributed by atoms with van der Waals surface area (Å²) < 4.78 is 10.1. The van der Waals surface area contributed by atoms with Crippen molar-refractivity contribution in [3.63, 3.8) is 0 Å². The summed E-state index contributed by atoms with van der Waals surface area (Å²) in [5.74, 6) is 0.235. The lowest BCUT2D eigenvalue weighted by Crippen LogP contribution is -2.39. The predicted octanol–water partition coefficient (Wildman–Crippen LogP) is 2.98. The van der Waals surface area contributed by atoms with Crippen molar-refractivity contribution in [2.75, 3.05) is 20.3 Å². The molecule has 5 heteroatoms. The second-order valence-corrected chi connectivity index (χ2v) is 5.32. The number of rotatable bonds is 11. The molecule has 0 aliphatic carbocycles. The van der Waals surface area contributed by atoms with Crippen LogP contribution in [0.3, 0.4) is 0 Å². The van der Waals surface area contributed by atoms with Gasteiger partial charge in [0.05, 0.1) is 26.2 Å². The molecule has 23 heavy (non-hydrogen) atoms. The normalized spacial score (nSPS) is 11.8. The van der Waals surface area contributed by atoms with E-state index in [1.807, 2.05) is 0 Å². The summed E-state index contributed by atoms with van der Waals surface area (Å²) in [4.78, 5) is 24.4. The highest BCUT2D eigenvalue weighted by Gasteiger charge is 2.23. The van der Waals surface area contributed by atoms with E-state index in [1.54, 1.807) is 38.3 Å². The van der Waals surface area contributed by atoms with Gasteiger partial charge >= 0.3 is 5.97 Å². The molecule has 1 rings (SSSR count). The van der Waals surface area contributed by atoms with Crippen molar-refractivity contribution in [3.8, 4) is 5.75 Å². The van der Waals surface area contributed by atoms with Crippen molar-refractivity contribution in [2.24, 2.45) is 0 Å². The highest BCUT2D eigenvalue weighted by atomic mass is 16.5. The van der Waals surface area contributed by atoms with Crippen LogP contribution in [0.25, 0.3) is 0 Å². The monoisotopic (exact) mass is 321 g/mol. The zero-order valence-electron chi connectivity index (χ0n) is 14.3. The number of Topliss-reactive ketones (excluding diaryl/α,β-unsaturated/α-hetero) is 1. The Morgan fingerprint density at radius 1 is 1.13 bits per heavy atom. The van der Waals surface area contributed by atoms with Gasteiger partial charge in [0.15, 0.2) is 5.78 Å². The summed E-state index contributed by atoms with van der Waals surface area (Å²) in [7, 11) is 1.58. The number of hydrogen-bond donors (Lipinski definition) is 1. The molecular weight excluding hydrogens is 294 g/mol. The van der Waals surface area contributed by atoms with Crippen LogP contribution in [-0.2, 0) is 9.53 Å². The maximum atomic E-state index is 12.6. The fourth-order valence-corrected chi connectivity index (χ4v) is 2.25. The number of unbranched alkanes of at least 4 members (excludes halogenated alkanes) is 2. The molecule has 0 aliphatic rings. The number of methoxy groups -OCH3 is 1. The van der Waals surface area contributed by atoms with Crippen molar-refractivity contribution in [3.05, 3.63) is 29.8 Å². The summed E-state index contributed by atoms with van der Waals surface area (Å²) >= 11 is 0. The molecule has 128 valence electrons. The van der Waals surface area contributed by atoms with Gasteiger partial charge in [-0.1, -0.05) is 19.8 Å². The van der Waals surface area contributed by atoms with Crippen LogP contribution in [0.1, 0.15) is 49.9 Å². The largest absolute Gasteiger partial charge is 0.497 e. The molecule has 5 nitrogen and oxygen atoms in total. The molecule has 0 spiro atoms. The minimum Gasteiger partial charge on any atom is -0.497 e. The number of carbonyl (C=O) groups is 2. The first kappa shape index (κ1) is 19.2. The Morgan fingerprint density at radius 2 is 1.83 bits per heavy atom. The maximum absolute atomic E-state index is 12.6. The standard InChI is InChI=1S/C18H27NO4/c1-4-6-7-12-19-16(13-17(20)23-5-2)18(21)14-8-10-15(22-3)11-9-14/h8-11,16,19H,4-7,12-13H2,1-3H3. The number of nitrogens with one attached hydrogen (secondary N) is 1. The topological polar surface area (TPSA) is 64.6 Å². The highest BCUT2D eigenvalue weighted by molar-refractivity contribution is 6.01. The molecule has 1 atom stereocenters. The predicted molar refractivity (Wildman–Crippen MR) is 89.9 cm³/mol. The summed E-state index contributed by atoms with van der Waals surface area (Å²) in [5.41, 5.74) is 0.558. The van der Waals surface area contributed by atoms with Gasteiger partial charge in [0.1, 0.15) is 5.75 Å². The Bertz CT molecular complexity index is 484. The fraction of sp³-hybridized carbons (Fsp3) is 0.556. The lowest BCUT2D eigenvalue weighted by Gasteiger charge is -2.17. The number of hydrogen-bond acceptors (Lipinski definition) is 5. The van der Waals surface area contributed by atoms with Crippen molar-refractivity contribution < 1.29 is 19.1 Å². The van der Waals surface area contributed by atoms with Crippen molar-refractivity contribution in [1.82, 2.24) is 5.32 Å². The molecular formula is C18H27NO4. The van der Waals surface area contributed by atoms with E-state index in [2.05, 4.69) is 12.2 Å². The van der Waals surface area contributed by atoms with Crippen LogP contribution >= 0.6 is 0 Å². The maximum Gasteiger partial charge on any atom is 0.307 e. The zero-order valence-corrected chi connectivity index (χ0v) is 14.3. The number of ketones is 1. The van der Waals surface area contributed by atoms with Crippen LogP contribution in [0.2, 0.25) is 0 Å². The number of esters is 1. The molecule has 0 heterocycles. The van der Waals surface area contributed by atoms with Gasteiger partial charge in [-0.2, -0.15) is 0 Å². The molecule has 1 unspecified atom stereocenters. The Labute approximate surface area is 138 Å². The van der Waals surface area contributed by atoms with Gasteiger partial charge in [-0.15, -0.1) is 0 Å². The Morgan fingerprint density at radius 3 is 2.39 bits per heavy atom. The molecule has 0 aromatic heterocycles. The lowest BCUT2D eigenvalue weighted by molar-refractivity contribution is -0.143. The molecule has 0 amide bonds. The number of ether oxygens (including phenoxy) is 2. The SMILES string of the molecule is CCCCCNC(CC(=O)OCC)C(=O)c1ccc(OC)cc1. The third kappa shape index (κ3) is 6.82. The molecule has 0 saturated carbocycles. The average Bonchev–Trinajstić information content (AvgIpc) is 2.57. The van der Waals surface area contributed by atoms with Gasteiger partial charge in [-0.3, -0.25) is 9.59 Å². The second-order valence-electron chi connectivity index (χ2n) is 5.32. The summed E-state index contributed by atoms with van der Waals surface area (Å²) in [5, 5.41) is 3.19. The number of benzene rings is 1. The van der Waals surface area contributed by atoms with E-state index < -0.39 is 6.04 Å². The Balaban J connectivity index is 2.74. The van der Waals surface area contributed by atoms with Crippen LogP contribution in [0.5, 0.6) is 5.75 Å². The molecule has 0 bridgehead atoms. The third-order valence-corrected chi connectivity index (χ3v) is 3.54.